The first kappa shape index (κ1) is 22.0. The summed E-state index contributed by atoms with van der Waals surface area (Å²) in [7, 11) is 0. The SMILES string of the molecule is CC(C)Nc1cncc(-c2ccc3nnc(NC(=O)C4CCN(CCF)CC4)cc3c2)n1. The first-order valence-electron chi connectivity index (χ1n) is 11.0. The maximum absolute atomic E-state index is 12.7. The third-order valence-corrected chi connectivity index (χ3v) is 5.56. The second kappa shape index (κ2) is 9.95. The molecule has 1 fully saturated rings. The number of alkyl halides is 1. The Morgan fingerprint density at radius 1 is 1.16 bits per heavy atom. The topological polar surface area (TPSA) is 95.9 Å². The highest BCUT2D eigenvalue weighted by Gasteiger charge is 2.25. The lowest BCUT2D eigenvalue weighted by molar-refractivity contribution is -0.121. The Labute approximate surface area is 186 Å². The van der Waals surface area contributed by atoms with E-state index in [0.29, 0.717) is 12.4 Å². The molecule has 2 N–H and O–H groups in total. The van der Waals surface area contributed by atoms with Crippen LogP contribution in [0.5, 0.6) is 0 Å². The summed E-state index contributed by atoms with van der Waals surface area (Å²) in [6.07, 6.45) is 4.86. The molecule has 168 valence electrons. The molecule has 0 saturated carbocycles. The summed E-state index contributed by atoms with van der Waals surface area (Å²) in [4.78, 5) is 23.7. The van der Waals surface area contributed by atoms with Gasteiger partial charge >= 0.3 is 0 Å². The van der Waals surface area contributed by atoms with E-state index in [0.717, 1.165) is 53.9 Å². The minimum Gasteiger partial charge on any atom is -0.367 e. The van der Waals surface area contributed by atoms with Crippen molar-refractivity contribution in [2.24, 2.45) is 5.92 Å². The Morgan fingerprint density at radius 3 is 2.72 bits per heavy atom. The van der Waals surface area contributed by atoms with Gasteiger partial charge in [0.15, 0.2) is 5.82 Å². The van der Waals surface area contributed by atoms with Crippen molar-refractivity contribution < 1.29 is 9.18 Å². The van der Waals surface area contributed by atoms with Crippen molar-refractivity contribution >= 4 is 28.4 Å². The highest BCUT2D eigenvalue weighted by Crippen LogP contribution is 2.24. The van der Waals surface area contributed by atoms with Crippen LogP contribution in [0.1, 0.15) is 26.7 Å². The lowest BCUT2D eigenvalue weighted by atomic mass is 9.96. The second-order valence-electron chi connectivity index (χ2n) is 8.39. The van der Waals surface area contributed by atoms with E-state index in [1.54, 1.807) is 12.4 Å². The number of nitrogens with one attached hydrogen (secondary N) is 2. The molecule has 1 aliphatic heterocycles. The van der Waals surface area contributed by atoms with Gasteiger partial charge in [-0.15, -0.1) is 10.2 Å². The normalized spacial score (nSPS) is 15.2. The number of nitrogens with zero attached hydrogens (tertiary/aromatic N) is 5. The Bertz CT molecular complexity index is 1080. The molecule has 0 bridgehead atoms. The number of carbonyl (C=O) groups excluding carboxylic acids is 1. The van der Waals surface area contributed by atoms with Crippen LogP contribution >= 0.6 is 0 Å². The zero-order chi connectivity index (χ0) is 22.5. The molecule has 9 heteroatoms. The third kappa shape index (κ3) is 5.34. The lowest BCUT2D eigenvalue weighted by Crippen LogP contribution is -2.39. The van der Waals surface area contributed by atoms with Crippen LogP contribution in [0, 0.1) is 5.92 Å². The van der Waals surface area contributed by atoms with Crippen LogP contribution in [0.25, 0.3) is 22.2 Å². The van der Waals surface area contributed by atoms with Gasteiger partial charge in [-0.2, -0.15) is 0 Å². The van der Waals surface area contributed by atoms with Crippen molar-refractivity contribution in [3.63, 3.8) is 0 Å². The van der Waals surface area contributed by atoms with Crippen LogP contribution in [0.2, 0.25) is 0 Å². The molecule has 0 aliphatic carbocycles. The van der Waals surface area contributed by atoms with Crippen LogP contribution in [0.15, 0.2) is 36.7 Å². The minimum absolute atomic E-state index is 0.0620. The molecule has 4 rings (SSSR count). The molecule has 3 heterocycles. The van der Waals surface area contributed by atoms with E-state index < -0.39 is 0 Å². The van der Waals surface area contributed by atoms with Crippen LogP contribution in [-0.2, 0) is 4.79 Å². The third-order valence-electron chi connectivity index (χ3n) is 5.56. The smallest absolute Gasteiger partial charge is 0.228 e. The second-order valence-corrected chi connectivity index (χ2v) is 8.39. The summed E-state index contributed by atoms with van der Waals surface area (Å²) < 4.78 is 12.5. The van der Waals surface area contributed by atoms with Gasteiger partial charge in [-0.05, 0) is 58.0 Å². The number of likely N-dealkylation sites (tertiary alicyclic amines) is 1. The van der Waals surface area contributed by atoms with E-state index in [1.165, 1.54) is 0 Å². The van der Waals surface area contributed by atoms with Gasteiger partial charge in [0.25, 0.3) is 0 Å². The van der Waals surface area contributed by atoms with E-state index >= 15 is 0 Å². The number of piperidine rings is 1. The first-order valence-corrected chi connectivity index (χ1v) is 11.0. The number of fused-ring (bicyclic) bond motifs is 1. The van der Waals surface area contributed by atoms with Gasteiger partial charge in [-0.3, -0.25) is 9.78 Å². The predicted molar refractivity (Wildman–Crippen MR) is 123 cm³/mol. The highest BCUT2D eigenvalue weighted by atomic mass is 19.1. The number of carbonyl (C=O) groups is 1. The van der Waals surface area contributed by atoms with Crippen molar-refractivity contribution in [3.8, 4) is 11.3 Å². The number of rotatable bonds is 7. The molecule has 0 unspecified atom stereocenters. The zero-order valence-corrected chi connectivity index (χ0v) is 18.4. The monoisotopic (exact) mass is 437 g/mol. The van der Waals surface area contributed by atoms with Gasteiger partial charge in [0, 0.05) is 29.5 Å². The quantitative estimate of drug-likeness (QED) is 0.584. The molecule has 0 atom stereocenters. The van der Waals surface area contributed by atoms with Crippen LogP contribution < -0.4 is 10.6 Å². The number of hydrogen-bond donors (Lipinski definition) is 2. The van der Waals surface area contributed by atoms with Crippen LogP contribution in [0.3, 0.4) is 0 Å². The highest BCUT2D eigenvalue weighted by molar-refractivity contribution is 5.94. The summed E-state index contributed by atoms with van der Waals surface area (Å²) in [5.74, 6) is 0.984. The number of benzene rings is 1. The zero-order valence-electron chi connectivity index (χ0n) is 18.4. The van der Waals surface area contributed by atoms with Gasteiger partial charge in [-0.25, -0.2) is 9.37 Å². The first-order chi connectivity index (χ1) is 15.5. The van der Waals surface area contributed by atoms with E-state index in [-0.39, 0.29) is 24.5 Å². The minimum atomic E-state index is -0.352. The number of aromatic nitrogens is 4. The molecule has 0 spiro atoms. The van der Waals surface area contributed by atoms with E-state index in [9.17, 15) is 9.18 Å². The fourth-order valence-corrected chi connectivity index (χ4v) is 3.90. The summed E-state index contributed by atoms with van der Waals surface area (Å²) in [6.45, 7) is 5.66. The van der Waals surface area contributed by atoms with Crippen molar-refractivity contribution in [3.05, 3.63) is 36.7 Å². The van der Waals surface area contributed by atoms with Gasteiger partial charge in [-0.1, -0.05) is 6.07 Å². The van der Waals surface area contributed by atoms with Crippen molar-refractivity contribution in [1.82, 2.24) is 25.1 Å². The Hall–Kier alpha value is -3.20. The van der Waals surface area contributed by atoms with Crippen molar-refractivity contribution in [2.75, 3.05) is 36.9 Å². The van der Waals surface area contributed by atoms with E-state index in [4.69, 9.17) is 0 Å². The van der Waals surface area contributed by atoms with Gasteiger partial charge in [0.05, 0.1) is 23.6 Å². The van der Waals surface area contributed by atoms with Gasteiger partial charge < -0.3 is 15.5 Å². The molecule has 8 nitrogen and oxygen atoms in total. The van der Waals surface area contributed by atoms with Crippen molar-refractivity contribution in [2.45, 2.75) is 32.7 Å². The molecular weight excluding hydrogens is 409 g/mol. The average Bonchev–Trinajstić information content (AvgIpc) is 2.79. The Kier molecular flexibility index (Phi) is 6.84. The fourth-order valence-electron chi connectivity index (χ4n) is 3.90. The standard InChI is InChI=1S/C23H28FN7O/c1-15(2)26-22-14-25-13-20(27-22)17-3-4-19-18(11-17)12-21(30-29-19)28-23(32)16-5-8-31(9-6-16)10-7-24/h3-4,11-16H,5-10H2,1-2H3,(H,26,27)(H,28,30,32). The fraction of sp³-hybridized carbons (Fsp3) is 0.435. The lowest BCUT2D eigenvalue weighted by Gasteiger charge is -2.30. The van der Waals surface area contributed by atoms with Crippen LogP contribution in [0.4, 0.5) is 16.0 Å². The largest absolute Gasteiger partial charge is 0.367 e. The average molecular weight is 438 g/mol. The van der Waals surface area contributed by atoms with Gasteiger partial charge in [0.2, 0.25) is 5.91 Å². The molecule has 1 amide bonds. The summed E-state index contributed by atoms with van der Waals surface area (Å²) in [5.41, 5.74) is 2.39. The number of hydrogen-bond acceptors (Lipinski definition) is 7. The molecule has 32 heavy (non-hydrogen) atoms. The Balaban J connectivity index is 1.48. The van der Waals surface area contributed by atoms with Gasteiger partial charge in [0.1, 0.15) is 12.5 Å². The van der Waals surface area contributed by atoms with Crippen molar-refractivity contribution in [1.29, 1.82) is 0 Å². The Morgan fingerprint density at radius 2 is 1.97 bits per heavy atom. The molecular formula is C23H28FN7O. The number of anilines is 2. The van der Waals surface area contributed by atoms with E-state index in [1.807, 2.05) is 38.1 Å². The molecule has 0 radical (unpaired) electrons. The molecule has 3 aromatic rings. The molecule has 1 aromatic carbocycles. The number of halogens is 1. The summed E-state index contributed by atoms with van der Waals surface area (Å²) in [5, 5.41) is 15.4. The molecule has 1 aliphatic rings. The molecule has 2 aromatic heterocycles. The molecule has 1 saturated heterocycles. The summed E-state index contributed by atoms with van der Waals surface area (Å²) in [6, 6.07) is 7.87. The maximum atomic E-state index is 12.7. The summed E-state index contributed by atoms with van der Waals surface area (Å²) >= 11 is 0. The van der Waals surface area contributed by atoms with Crippen LogP contribution in [-0.4, -0.2) is 63.3 Å². The van der Waals surface area contributed by atoms with E-state index in [2.05, 4.69) is 35.7 Å². The predicted octanol–water partition coefficient (Wildman–Crippen LogP) is 3.53. The maximum Gasteiger partial charge on any atom is 0.228 e. The number of amides is 1.